The van der Waals surface area contributed by atoms with E-state index in [4.69, 9.17) is 15.5 Å². The Bertz CT molecular complexity index is 1590. The molecule has 3 aromatic heterocycles. The lowest BCUT2D eigenvalue weighted by molar-refractivity contribution is -0.179. The molecule has 1 saturated carbocycles. The molecule has 2 aliphatic rings. The number of aromatic amines is 1. The molecule has 1 aliphatic heterocycles. The highest BCUT2D eigenvalue weighted by Crippen LogP contribution is 2.40. The lowest BCUT2D eigenvalue weighted by Crippen LogP contribution is -2.60. The quantitative estimate of drug-likeness (QED) is 0.154. The van der Waals surface area contributed by atoms with Crippen molar-refractivity contribution in [3.63, 3.8) is 0 Å². The van der Waals surface area contributed by atoms with Crippen LogP contribution in [0.1, 0.15) is 64.6 Å². The van der Waals surface area contributed by atoms with Gasteiger partial charge < -0.3 is 35.9 Å². The molecule has 1 saturated heterocycles. The molecule has 13 nitrogen and oxygen atoms in total. The van der Waals surface area contributed by atoms with Crippen molar-refractivity contribution in [2.45, 2.75) is 95.1 Å². The Labute approximate surface area is 249 Å². The number of benzene rings is 1. The van der Waals surface area contributed by atoms with Gasteiger partial charge in [-0.25, -0.2) is 19.9 Å². The van der Waals surface area contributed by atoms with Gasteiger partial charge in [0.15, 0.2) is 17.7 Å². The molecule has 0 amide bonds. The molecule has 5 atom stereocenters. The maximum atomic E-state index is 11.1. The van der Waals surface area contributed by atoms with Crippen LogP contribution >= 0.6 is 0 Å². The van der Waals surface area contributed by atoms with Crippen LogP contribution in [0.25, 0.3) is 22.2 Å². The summed E-state index contributed by atoms with van der Waals surface area (Å²) in [7, 11) is 0. The molecule has 6 rings (SSSR count). The van der Waals surface area contributed by atoms with E-state index in [1.807, 2.05) is 0 Å². The predicted octanol–water partition coefficient (Wildman–Crippen LogP) is 1.62. The third-order valence-corrected chi connectivity index (χ3v) is 9.13. The number of imidazole rings is 2. The Hall–Kier alpha value is -3.20. The van der Waals surface area contributed by atoms with E-state index in [9.17, 15) is 20.4 Å². The summed E-state index contributed by atoms with van der Waals surface area (Å²) >= 11 is 0. The summed E-state index contributed by atoms with van der Waals surface area (Å²) in [6.07, 6.45) is 1.86. The molecule has 232 valence electrons. The Morgan fingerprint density at radius 1 is 1.12 bits per heavy atom. The first-order valence-electron chi connectivity index (χ1n) is 14.9. The first kappa shape index (κ1) is 29.9. The molecule has 1 aromatic carbocycles. The second-order valence-corrected chi connectivity index (χ2v) is 13.4. The SMILES string of the molecule is CC(C)(C)c1ccc2nc(CCC3CC(N(C[C@H]4O[C@@H](n5cnc6c(N)ncnc65)[C@H](O)[C@@H]4O)C(C)(O)CO)C3)[nH]c2c1. The maximum Gasteiger partial charge on any atom is 0.167 e. The number of H-pyrrole nitrogens is 1. The molecule has 0 spiro atoms. The first-order valence-corrected chi connectivity index (χ1v) is 14.9. The number of aliphatic hydroxyl groups is 4. The Balaban J connectivity index is 1.10. The molecule has 4 aromatic rings. The van der Waals surface area contributed by atoms with Gasteiger partial charge >= 0.3 is 0 Å². The van der Waals surface area contributed by atoms with Crippen LogP contribution in [-0.2, 0) is 16.6 Å². The zero-order valence-corrected chi connectivity index (χ0v) is 25.1. The van der Waals surface area contributed by atoms with Crippen molar-refractivity contribution in [2.75, 3.05) is 18.9 Å². The maximum absolute atomic E-state index is 11.1. The summed E-state index contributed by atoms with van der Waals surface area (Å²) in [6, 6.07) is 6.37. The first-order chi connectivity index (χ1) is 20.4. The predicted molar refractivity (Wildman–Crippen MR) is 160 cm³/mol. The monoisotopic (exact) mass is 594 g/mol. The minimum Gasteiger partial charge on any atom is -0.392 e. The van der Waals surface area contributed by atoms with E-state index in [0.29, 0.717) is 17.1 Å². The fourth-order valence-corrected chi connectivity index (χ4v) is 6.37. The van der Waals surface area contributed by atoms with Crippen molar-refractivity contribution in [1.82, 2.24) is 34.4 Å². The molecule has 7 N–H and O–H groups in total. The topological polar surface area (TPSA) is 192 Å². The van der Waals surface area contributed by atoms with Gasteiger partial charge in [-0.2, -0.15) is 0 Å². The van der Waals surface area contributed by atoms with Gasteiger partial charge in [0, 0.05) is 19.0 Å². The summed E-state index contributed by atoms with van der Waals surface area (Å²) in [5.41, 5.74) is 8.47. The number of anilines is 1. The highest BCUT2D eigenvalue weighted by molar-refractivity contribution is 5.81. The van der Waals surface area contributed by atoms with Crippen LogP contribution in [-0.4, -0.2) is 98.0 Å². The highest BCUT2D eigenvalue weighted by atomic mass is 16.6. The number of aliphatic hydroxyl groups excluding tert-OH is 3. The summed E-state index contributed by atoms with van der Waals surface area (Å²) in [4.78, 5) is 22.4. The fourth-order valence-electron chi connectivity index (χ4n) is 6.37. The van der Waals surface area contributed by atoms with Gasteiger partial charge in [-0.1, -0.05) is 26.8 Å². The lowest BCUT2D eigenvalue weighted by Gasteiger charge is -2.49. The molecule has 1 unspecified atom stereocenters. The number of nitrogens with zero attached hydrogens (tertiary/aromatic N) is 6. The van der Waals surface area contributed by atoms with E-state index in [1.54, 1.807) is 11.8 Å². The number of rotatable bonds is 9. The summed E-state index contributed by atoms with van der Waals surface area (Å²) in [5, 5.41) is 43.0. The molecule has 1 aliphatic carbocycles. The van der Waals surface area contributed by atoms with Crippen LogP contribution in [0.2, 0.25) is 0 Å². The number of aryl methyl sites for hydroxylation is 1. The van der Waals surface area contributed by atoms with E-state index in [0.717, 1.165) is 42.5 Å². The van der Waals surface area contributed by atoms with Crippen molar-refractivity contribution in [3.8, 4) is 0 Å². The zero-order chi connectivity index (χ0) is 30.7. The number of aromatic nitrogens is 6. The van der Waals surface area contributed by atoms with E-state index < -0.39 is 36.9 Å². The number of fused-ring (bicyclic) bond motifs is 2. The van der Waals surface area contributed by atoms with Gasteiger partial charge in [-0.15, -0.1) is 0 Å². The van der Waals surface area contributed by atoms with Crippen LogP contribution in [0.3, 0.4) is 0 Å². The normalized spacial score (nSPS) is 27.7. The molecule has 0 radical (unpaired) electrons. The van der Waals surface area contributed by atoms with Gasteiger partial charge in [0.2, 0.25) is 0 Å². The zero-order valence-electron chi connectivity index (χ0n) is 25.1. The second kappa shape index (κ2) is 11.1. The molecular formula is C30H42N8O5. The van der Waals surface area contributed by atoms with Crippen LogP contribution in [0.15, 0.2) is 30.9 Å². The van der Waals surface area contributed by atoms with Crippen LogP contribution in [0, 0.1) is 5.92 Å². The van der Waals surface area contributed by atoms with Crippen molar-refractivity contribution in [3.05, 3.63) is 42.2 Å². The number of nitrogens with one attached hydrogen (secondary N) is 1. The highest BCUT2D eigenvalue weighted by Gasteiger charge is 2.49. The third kappa shape index (κ3) is 5.61. The summed E-state index contributed by atoms with van der Waals surface area (Å²) in [6.45, 7) is 7.78. The number of hydrogen-bond donors (Lipinski definition) is 6. The Kier molecular flexibility index (Phi) is 7.68. The smallest absolute Gasteiger partial charge is 0.167 e. The molecule has 4 heterocycles. The van der Waals surface area contributed by atoms with Crippen molar-refractivity contribution in [1.29, 1.82) is 0 Å². The van der Waals surface area contributed by atoms with Gasteiger partial charge in [0.1, 0.15) is 41.7 Å². The molecule has 13 heteroatoms. The largest absolute Gasteiger partial charge is 0.392 e. The van der Waals surface area contributed by atoms with E-state index in [-0.39, 0.29) is 23.8 Å². The molecule has 2 fully saturated rings. The van der Waals surface area contributed by atoms with Crippen LogP contribution in [0.4, 0.5) is 5.82 Å². The van der Waals surface area contributed by atoms with Crippen molar-refractivity contribution < 1.29 is 25.2 Å². The van der Waals surface area contributed by atoms with Gasteiger partial charge in [-0.3, -0.25) is 9.47 Å². The van der Waals surface area contributed by atoms with Crippen molar-refractivity contribution in [2.24, 2.45) is 5.92 Å². The number of hydrogen-bond acceptors (Lipinski definition) is 11. The van der Waals surface area contributed by atoms with E-state index in [2.05, 4.69) is 58.9 Å². The summed E-state index contributed by atoms with van der Waals surface area (Å²) < 4.78 is 7.66. The minimum atomic E-state index is -1.53. The number of ether oxygens (including phenoxy) is 1. The number of nitrogens with two attached hydrogens (primary N) is 1. The molecule has 0 bridgehead atoms. The minimum absolute atomic E-state index is 0.0224. The second-order valence-electron chi connectivity index (χ2n) is 13.4. The Morgan fingerprint density at radius 3 is 2.60 bits per heavy atom. The molecule has 43 heavy (non-hydrogen) atoms. The Morgan fingerprint density at radius 2 is 1.88 bits per heavy atom. The average Bonchev–Trinajstić information content (AvgIpc) is 3.62. The van der Waals surface area contributed by atoms with Gasteiger partial charge in [0.05, 0.1) is 24.0 Å². The fraction of sp³-hybridized carbons (Fsp3) is 0.600. The van der Waals surface area contributed by atoms with Gasteiger partial charge in [-0.05, 0) is 55.2 Å². The third-order valence-electron chi connectivity index (χ3n) is 9.13. The van der Waals surface area contributed by atoms with Crippen LogP contribution < -0.4 is 5.73 Å². The molecular weight excluding hydrogens is 552 g/mol. The van der Waals surface area contributed by atoms with Crippen LogP contribution in [0.5, 0.6) is 0 Å². The standard InChI is InChI=1S/C30H42N8O5/c1-29(2,3)17-6-7-19-20(11-17)36-22(35-19)8-5-16-9-18(10-16)38(30(4,42)13-39)12-21-24(40)25(41)28(43-21)37-15-34-23-26(31)32-14-33-27(23)37/h6-7,11,14-16,18,21,24-25,28,39-42H,5,8-10,12-13H2,1-4H3,(H,35,36)(H2,31,32,33)/t16?,18?,21-,24-,25-,28-,30?/m1/s1. The van der Waals surface area contributed by atoms with Crippen molar-refractivity contribution >= 4 is 28.0 Å². The van der Waals surface area contributed by atoms with E-state index in [1.165, 1.54) is 22.8 Å². The number of nitrogen functional groups attached to an aromatic ring is 1. The average molecular weight is 595 g/mol. The van der Waals surface area contributed by atoms with E-state index >= 15 is 0 Å². The van der Waals surface area contributed by atoms with Gasteiger partial charge in [0.25, 0.3) is 0 Å². The summed E-state index contributed by atoms with van der Waals surface area (Å²) in [5.74, 6) is 1.59. The lowest BCUT2D eigenvalue weighted by atomic mass is 9.75.